The minimum atomic E-state index is -0.483. The molecule has 1 aliphatic carbocycles. The molecular weight excluding hydrogens is 218 g/mol. The number of oxazole rings is 1. The van der Waals surface area contributed by atoms with E-state index in [1.807, 2.05) is 0 Å². The Morgan fingerprint density at radius 3 is 2.94 bits per heavy atom. The summed E-state index contributed by atoms with van der Waals surface area (Å²) in [4.78, 5) is 25.5. The second-order valence-corrected chi connectivity index (χ2v) is 4.65. The molecule has 17 heavy (non-hydrogen) atoms. The maximum atomic E-state index is 12.0. The Hall–Kier alpha value is -1.84. The van der Waals surface area contributed by atoms with Crippen molar-refractivity contribution < 1.29 is 9.21 Å². The van der Waals surface area contributed by atoms with E-state index in [9.17, 15) is 9.59 Å². The first-order valence-corrected chi connectivity index (χ1v) is 5.88. The monoisotopic (exact) mass is 231 g/mol. The van der Waals surface area contributed by atoms with E-state index in [-0.39, 0.29) is 5.78 Å². The van der Waals surface area contributed by atoms with Crippen LogP contribution in [0.25, 0.3) is 11.1 Å². The van der Waals surface area contributed by atoms with Crippen LogP contribution in [0.4, 0.5) is 0 Å². The van der Waals surface area contributed by atoms with Crippen molar-refractivity contribution in [3.63, 3.8) is 0 Å². The first-order valence-electron chi connectivity index (χ1n) is 5.88. The molecule has 1 N–H and O–H groups in total. The van der Waals surface area contributed by atoms with Crippen molar-refractivity contribution in [3.05, 3.63) is 34.3 Å². The first kappa shape index (κ1) is 10.3. The van der Waals surface area contributed by atoms with E-state index in [1.165, 1.54) is 6.42 Å². The van der Waals surface area contributed by atoms with Crippen LogP contribution < -0.4 is 5.76 Å². The highest BCUT2D eigenvalue weighted by Crippen LogP contribution is 2.30. The molecule has 2 aromatic rings. The van der Waals surface area contributed by atoms with Gasteiger partial charge in [-0.25, -0.2) is 4.79 Å². The minimum absolute atomic E-state index is 0.139. The summed E-state index contributed by atoms with van der Waals surface area (Å²) in [5, 5.41) is 0. The summed E-state index contributed by atoms with van der Waals surface area (Å²) in [6.07, 6.45) is 4.17. The average Bonchev–Trinajstić information content (AvgIpc) is 2.62. The van der Waals surface area contributed by atoms with E-state index in [1.54, 1.807) is 18.2 Å². The van der Waals surface area contributed by atoms with Gasteiger partial charge in [0.25, 0.3) is 0 Å². The number of aromatic amines is 1. The molecule has 3 rings (SSSR count). The summed E-state index contributed by atoms with van der Waals surface area (Å²) < 4.78 is 4.94. The molecule has 88 valence electrons. The topological polar surface area (TPSA) is 63.1 Å². The molecular formula is C13H13NO3. The van der Waals surface area contributed by atoms with Crippen molar-refractivity contribution in [3.8, 4) is 0 Å². The molecule has 0 unspecified atom stereocenters. The fourth-order valence-electron chi connectivity index (χ4n) is 2.20. The highest BCUT2D eigenvalue weighted by atomic mass is 16.4. The molecule has 1 aromatic carbocycles. The van der Waals surface area contributed by atoms with Gasteiger partial charge in [-0.05, 0) is 24.1 Å². The van der Waals surface area contributed by atoms with Gasteiger partial charge < -0.3 is 4.42 Å². The van der Waals surface area contributed by atoms with Gasteiger partial charge in [0.1, 0.15) is 0 Å². The van der Waals surface area contributed by atoms with Gasteiger partial charge in [0.05, 0.1) is 5.52 Å². The molecule has 1 saturated carbocycles. The molecule has 1 heterocycles. The molecule has 0 amide bonds. The van der Waals surface area contributed by atoms with Gasteiger partial charge in [-0.3, -0.25) is 9.78 Å². The SMILES string of the molecule is O=C(CC1CCC1)c1ccc2[nH]c(=O)oc2c1. The Labute approximate surface area is 97.6 Å². The van der Waals surface area contributed by atoms with Crippen molar-refractivity contribution in [2.45, 2.75) is 25.7 Å². The van der Waals surface area contributed by atoms with Crippen LogP contribution in [0, 0.1) is 5.92 Å². The van der Waals surface area contributed by atoms with Crippen LogP contribution in [0.3, 0.4) is 0 Å². The Balaban J connectivity index is 1.88. The molecule has 1 aromatic heterocycles. The first-order chi connectivity index (χ1) is 8.22. The second-order valence-electron chi connectivity index (χ2n) is 4.65. The number of aromatic nitrogens is 1. The third kappa shape index (κ3) is 1.90. The van der Waals surface area contributed by atoms with Crippen molar-refractivity contribution in [1.82, 2.24) is 4.98 Å². The van der Waals surface area contributed by atoms with Crippen molar-refractivity contribution >= 4 is 16.9 Å². The smallest absolute Gasteiger partial charge is 0.408 e. The summed E-state index contributed by atoms with van der Waals surface area (Å²) in [5.74, 6) is 0.209. The van der Waals surface area contributed by atoms with Gasteiger partial charge in [0, 0.05) is 12.0 Å². The number of carbonyl (C=O) groups is 1. The number of Topliss-reactive ketones (excluding diaryl/α,β-unsaturated/α-hetero) is 1. The second kappa shape index (κ2) is 3.87. The third-order valence-corrected chi connectivity index (χ3v) is 3.44. The van der Waals surface area contributed by atoms with Crippen LogP contribution >= 0.6 is 0 Å². The standard InChI is InChI=1S/C13H13NO3/c15-11(6-8-2-1-3-8)9-4-5-10-12(7-9)17-13(16)14-10/h4-5,7-8H,1-3,6H2,(H,14,16). The van der Waals surface area contributed by atoms with Gasteiger partial charge >= 0.3 is 5.76 Å². The third-order valence-electron chi connectivity index (χ3n) is 3.44. The number of fused-ring (bicyclic) bond motifs is 1. The van der Waals surface area contributed by atoms with E-state index < -0.39 is 5.76 Å². The summed E-state index contributed by atoms with van der Waals surface area (Å²) in [6, 6.07) is 5.11. The molecule has 0 atom stereocenters. The molecule has 1 fully saturated rings. The Kier molecular flexibility index (Phi) is 2.35. The number of H-pyrrole nitrogens is 1. The predicted molar refractivity (Wildman–Crippen MR) is 63.1 cm³/mol. The Morgan fingerprint density at radius 2 is 2.24 bits per heavy atom. The maximum absolute atomic E-state index is 12.0. The summed E-state index contributed by atoms with van der Waals surface area (Å²) in [7, 11) is 0. The molecule has 0 aliphatic heterocycles. The van der Waals surface area contributed by atoms with Crippen LogP contribution in [0.5, 0.6) is 0 Å². The normalized spacial score (nSPS) is 16.0. The number of benzene rings is 1. The summed E-state index contributed by atoms with van der Waals surface area (Å²) >= 11 is 0. The zero-order valence-electron chi connectivity index (χ0n) is 9.36. The molecule has 4 nitrogen and oxygen atoms in total. The van der Waals surface area contributed by atoms with Crippen LogP contribution in [-0.2, 0) is 0 Å². The maximum Gasteiger partial charge on any atom is 0.417 e. The zero-order valence-corrected chi connectivity index (χ0v) is 9.36. The molecule has 1 aliphatic rings. The lowest BCUT2D eigenvalue weighted by molar-refractivity contribution is 0.0936. The quantitative estimate of drug-likeness (QED) is 0.825. The number of rotatable bonds is 3. The average molecular weight is 231 g/mol. The van der Waals surface area contributed by atoms with E-state index in [2.05, 4.69) is 4.98 Å². The van der Waals surface area contributed by atoms with Gasteiger partial charge in [0.2, 0.25) is 0 Å². The highest BCUT2D eigenvalue weighted by Gasteiger charge is 2.21. The predicted octanol–water partition coefficient (Wildman–Crippen LogP) is 2.49. The lowest BCUT2D eigenvalue weighted by Gasteiger charge is -2.24. The van der Waals surface area contributed by atoms with Crippen molar-refractivity contribution in [1.29, 1.82) is 0 Å². The number of ketones is 1. The van der Waals surface area contributed by atoms with Gasteiger partial charge in [-0.1, -0.05) is 19.3 Å². The summed E-state index contributed by atoms with van der Waals surface area (Å²) in [5.41, 5.74) is 1.72. The molecule has 0 saturated heterocycles. The number of carbonyl (C=O) groups excluding carboxylic acids is 1. The number of nitrogens with one attached hydrogen (secondary N) is 1. The largest absolute Gasteiger partial charge is 0.417 e. The van der Waals surface area contributed by atoms with Crippen LogP contribution in [0.2, 0.25) is 0 Å². The van der Waals surface area contributed by atoms with E-state index in [0.717, 1.165) is 12.8 Å². The molecule has 0 bridgehead atoms. The van der Waals surface area contributed by atoms with Crippen LogP contribution in [-0.4, -0.2) is 10.8 Å². The van der Waals surface area contributed by atoms with Crippen LogP contribution in [0.1, 0.15) is 36.0 Å². The van der Waals surface area contributed by atoms with Crippen LogP contribution in [0.15, 0.2) is 27.4 Å². The lowest BCUT2D eigenvalue weighted by Crippen LogP contribution is -2.15. The van der Waals surface area contributed by atoms with E-state index in [4.69, 9.17) is 4.42 Å². The van der Waals surface area contributed by atoms with Gasteiger partial charge in [-0.2, -0.15) is 0 Å². The zero-order chi connectivity index (χ0) is 11.8. The number of hydrogen-bond donors (Lipinski definition) is 1. The van der Waals surface area contributed by atoms with Gasteiger partial charge in [-0.15, -0.1) is 0 Å². The van der Waals surface area contributed by atoms with Gasteiger partial charge in [0.15, 0.2) is 11.4 Å². The molecule has 0 radical (unpaired) electrons. The summed E-state index contributed by atoms with van der Waals surface area (Å²) in [6.45, 7) is 0. The molecule has 4 heteroatoms. The molecule has 0 spiro atoms. The fourth-order valence-corrected chi connectivity index (χ4v) is 2.20. The van der Waals surface area contributed by atoms with Crippen molar-refractivity contribution in [2.75, 3.05) is 0 Å². The lowest BCUT2D eigenvalue weighted by atomic mass is 9.81. The highest BCUT2D eigenvalue weighted by molar-refractivity contribution is 5.98. The van der Waals surface area contributed by atoms with Crippen molar-refractivity contribution in [2.24, 2.45) is 5.92 Å². The number of hydrogen-bond acceptors (Lipinski definition) is 3. The fraction of sp³-hybridized carbons (Fsp3) is 0.385. The van der Waals surface area contributed by atoms with E-state index >= 15 is 0 Å². The van der Waals surface area contributed by atoms with E-state index in [0.29, 0.717) is 29.0 Å². The Morgan fingerprint density at radius 1 is 1.41 bits per heavy atom. The minimum Gasteiger partial charge on any atom is -0.408 e. The Bertz CT molecular complexity index is 619.